The third kappa shape index (κ3) is 1.55. The molecule has 0 saturated heterocycles. The van der Waals surface area contributed by atoms with Crippen LogP contribution in [-0.2, 0) is 4.74 Å². The standard InChI is InChI=1S/C7H10N2O3/c1-3-12-7(10)9-5-4-8-6(9)11-2/h4-5H,3H2,1-2H3. The number of methoxy groups -OCH3 is 1. The fourth-order valence-corrected chi connectivity index (χ4v) is 0.773. The maximum Gasteiger partial charge on any atom is 0.422 e. The van der Waals surface area contributed by atoms with Gasteiger partial charge in [0, 0.05) is 12.4 Å². The number of imidazole rings is 1. The molecule has 0 amide bonds. The minimum absolute atomic E-state index is 0.230. The van der Waals surface area contributed by atoms with Crippen molar-refractivity contribution in [1.29, 1.82) is 0 Å². The lowest BCUT2D eigenvalue weighted by atomic mass is 10.8. The lowest BCUT2D eigenvalue weighted by Gasteiger charge is -2.03. The Balaban J connectivity index is 2.79. The summed E-state index contributed by atoms with van der Waals surface area (Å²) in [4.78, 5) is 14.9. The van der Waals surface area contributed by atoms with Crippen LogP contribution in [0.3, 0.4) is 0 Å². The van der Waals surface area contributed by atoms with Gasteiger partial charge < -0.3 is 9.47 Å². The zero-order valence-electron chi connectivity index (χ0n) is 6.98. The maximum absolute atomic E-state index is 11.1. The SMILES string of the molecule is CCOC(=O)n1ccnc1OC. The molecule has 0 N–H and O–H groups in total. The van der Waals surface area contributed by atoms with Gasteiger partial charge in [-0.2, -0.15) is 0 Å². The Hall–Kier alpha value is -1.52. The first-order valence-electron chi connectivity index (χ1n) is 3.54. The predicted molar refractivity (Wildman–Crippen MR) is 41.2 cm³/mol. The normalized spacial score (nSPS) is 9.50. The summed E-state index contributed by atoms with van der Waals surface area (Å²) < 4.78 is 10.7. The van der Waals surface area contributed by atoms with Crippen molar-refractivity contribution in [3.8, 4) is 6.01 Å². The molecule has 1 aromatic heterocycles. The van der Waals surface area contributed by atoms with Crippen LogP contribution in [0.1, 0.15) is 6.92 Å². The minimum atomic E-state index is -0.480. The van der Waals surface area contributed by atoms with E-state index in [0.29, 0.717) is 6.61 Å². The highest BCUT2D eigenvalue weighted by Gasteiger charge is 2.10. The van der Waals surface area contributed by atoms with Gasteiger partial charge in [-0.15, -0.1) is 0 Å². The monoisotopic (exact) mass is 170 g/mol. The van der Waals surface area contributed by atoms with Crippen molar-refractivity contribution in [1.82, 2.24) is 9.55 Å². The van der Waals surface area contributed by atoms with Crippen LogP contribution in [0.25, 0.3) is 0 Å². The van der Waals surface area contributed by atoms with Gasteiger partial charge in [0.2, 0.25) is 0 Å². The average molecular weight is 170 g/mol. The summed E-state index contributed by atoms with van der Waals surface area (Å²) in [7, 11) is 1.44. The molecule has 66 valence electrons. The molecular formula is C7H10N2O3. The van der Waals surface area contributed by atoms with Crippen molar-refractivity contribution in [2.24, 2.45) is 0 Å². The van der Waals surface area contributed by atoms with Gasteiger partial charge in [0.15, 0.2) is 0 Å². The van der Waals surface area contributed by atoms with Crippen molar-refractivity contribution in [3.05, 3.63) is 12.4 Å². The first kappa shape index (κ1) is 8.58. The van der Waals surface area contributed by atoms with E-state index in [2.05, 4.69) is 4.98 Å². The molecule has 0 bridgehead atoms. The Labute approximate surface area is 69.9 Å². The number of carbonyl (C=O) groups excluding carboxylic acids is 1. The molecule has 12 heavy (non-hydrogen) atoms. The molecule has 0 spiro atoms. The molecule has 5 heteroatoms. The molecule has 0 saturated carbocycles. The van der Waals surface area contributed by atoms with Crippen LogP contribution in [0.2, 0.25) is 0 Å². The van der Waals surface area contributed by atoms with E-state index in [9.17, 15) is 4.79 Å². The Bertz CT molecular complexity index is 269. The van der Waals surface area contributed by atoms with Crippen molar-refractivity contribution < 1.29 is 14.3 Å². The number of ether oxygens (including phenoxy) is 2. The van der Waals surface area contributed by atoms with Crippen LogP contribution in [0.4, 0.5) is 4.79 Å². The summed E-state index contributed by atoms with van der Waals surface area (Å²) in [5.74, 6) is 0. The van der Waals surface area contributed by atoms with Crippen molar-refractivity contribution in [2.45, 2.75) is 6.92 Å². The van der Waals surface area contributed by atoms with E-state index in [1.807, 2.05) is 0 Å². The van der Waals surface area contributed by atoms with Crippen LogP contribution >= 0.6 is 0 Å². The van der Waals surface area contributed by atoms with Crippen LogP contribution in [0.5, 0.6) is 6.01 Å². The quantitative estimate of drug-likeness (QED) is 0.661. The van der Waals surface area contributed by atoms with Gasteiger partial charge in [-0.05, 0) is 6.92 Å². The van der Waals surface area contributed by atoms with Crippen LogP contribution in [-0.4, -0.2) is 29.4 Å². The molecule has 5 nitrogen and oxygen atoms in total. The molecular weight excluding hydrogens is 160 g/mol. The van der Waals surface area contributed by atoms with Crippen LogP contribution in [0.15, 0.2) is 12.4 Å². The second-order valence-electron chi connectivity index (χ2n) is 1.98. The summed E-state index contributed by atoms with van der Waals surface area (Å²) in [5.41, 5.74) is 0. The predicted octanol–water partition coefficient (Wildman–Crippen LogP) is 0.896. The molecule has 0 aliphatic heterocycles. The molecule has 0 fully saturated rings. The van der Waals surface area contributed by atoms with Gasteiger partial charge in [-0.25, -0.2) is 14.3 Å². The van der Waals surface area contributed by atoms with Gasteiger partial charge in [-0.3, -0.25) is 0 Å². The number of nitrogens with zero attached hydrogens (tertiary/aromatic N) is 2. The third-order valence-corrected chi connectivity index (χ3v) is 1.25. The Morgan fingerprint density at radius 3 is 3.08 bits per heavy atom. The van der Waals surface area contributed by atoms with Crippen LogP contribution in [0, 0.1) is 0 Å². The summed E-state index contributed by atoms with van der Waals surface area (Å²) in [6, 6.07) is 0.230. The molecule has 1 aromatic rings. The van der Waals surface area contributed by atoms with Crippen molar-refractivity contribution in [2.75, 3.05) is 13.7 Å². The molecule has 1 heterocycles. The Morgan fingerprint density at radius 2 is 2.50 bits per heavy atom. The average Bonchev–Trinajstić information content (AvgIpc) is 2.51. The highest BCUT2D eigenvalue weighted by molar-refractivity contribution is 5.71. The van der Waals surface area contributed by atoms with Gasteiger partial charge in [0.05, 0.1) is 13.7 Å². The summed E-state index contributed by atoms with van der Waals surface area (Å²) in [6.07, 6.45) is 2.47. The van der Waals surface area contributed by atoms with E-state index in [1.54, 1.807) is 6.92 Å². The molecule has 0 atom stereocenters. The smallest absolute Gasteiger partial charge is 0.422 e. The molecule has 0 aromatic carbocycles. The van der Waals surface area contributed by atoms with Gasteiger partial charge in [0.1, 0.15) is 0 Å². The van der Waals surface area contributed by atoms with E-state index >= 15 is 0 Å². The number of hydrogen-bond donors (Lipinski definition) is 0. The zero-order chi connectivity index (χ0) is 8.97. The van der Waals surface area contributed by atoms with Gasteiger partial charge in [0.25, 0.3) is 0 Å². The zero-order valence-corrected chi connectivity index (χ0v) is 6.98. The highest BCUT2D eigenvalue weighted by Crippen LogP contribution is 2.06. The second kappa shape index (κ2) is 3.75. The Kier molecular flexibility index (Phi) is 2.68. The lowest BCUT2D eigenvalue weighted by molar-refractivity contribution is 0.150. The first-order valence-corrected chi connectivity index (χ1v) is 3.54. The summed E-state index contributed by atoms with van der Waals surface area (Å²) >= 11 is 0. The fraction of sp³-hybridized carbons (Fsp3) is 0.429. The van der Waals surface area contributed by atoms with Gasteiger partial charge >= 0.3 is 12.1 Å². The van der Waals surface area contributed by atoms with E-state index in [1.165, 1.54) is 24.1 Å². The number of aromatic nitrogens is 2. The topological polar surface area (TPSA) is 53.4 Å². The molecule has 0 aliphatic rings. The van der Waals surface area contributed by atoms with Crippen molar-refractivity contribution >= 4 is 6.09 Å². The largest absolute Gasteiger partial charge is 0.468 e. The maximum atomic E-state index is 11.1. The lowest BCUT2D eigenvalue weighted by Crippen LogP contribution is -2.13. The second-order valence-corrected chi connectivity index (χ2v) is 1.98. The van der Waals surface area contributed by atoms with E-state index in [4.69, 9.17) is 9.47 Å². The van der Waals surface area contributed by atoms with E-state index in [0.717, 1.165) is 0 Å². The van der Waals surface area contributed by atoms with E-state index < -0.39 is 6.09 Å². The molecule has 1 rings (SSSR count). The fourth-order valence-electron chi connectivity index (χ4n) is 0.773. The Morgan fingerprint density at radius 1 is 1.75 bits per heavy atom. The van der Waals surface area contributed by atoms with Gasteiger partial charge in [-0.1, -0.05) is 0 Å². The minimum Gasteiger partial charge on any atom is -0.468 e. The number of carbonyl (C=O) groups is 1. The molecule has 0 aliphatic carbocycles. The van der Waals surface area contributed by atoms with Crippen LogP contribution < -0.4 is 4.74 Å². The summed E-state index contributed by atoms with van der Waals surface area (Å²) in [6.45, 7) is 2.07. The van der Waals surface area contributed by atoms with E-state index in [-0.39, 0.29) is 6.01 Å². The molecule has 0 unspecified atom stereocenters. The summed E-state index contributed by atoms with van der Waals surface area (Å²) in [5, 5.41) is 0. The number of rotatable bonds is 2. The third-order valence-electron chi connectivity index (χ3n) is 1.25. The number of hydrogen-bond acceptors (Lipinski definition) is 4. The highest BCUT2D eigenvalue weighted by atomic mass is 16.6. The first-order chi connectivity index (χ1) is 5.79. The van der Waals surface area contributed by atoms with Crippen molar-refractivity contribution in [3.63, 3.8) is 0 Å². The molecule has 0 radical (unpaired) electrons.